The average Bonchev–Trinajstić information content (AvgIpc) is 2.75. The molecule has 1 N–H and O–H groups in total. The second kappa shape index (κ2) is 3.96. The Bertz CT molecular complexity index is 324. The zero-order valence-electron chi connectivity index (χ0n) is 8.55. The van der Waals surface area contributed by atoms with Crippen LogP contribution in [0.25, 0.3) is 0 Å². The highest BCUT2D eigenvalue weighted by Gasteiger charge is 2.12. The fraction of sp³-hybridized carbons (Fsp3) is 0.545. The van der Waals surface area contributed by atoms with Crippen molar-refractivity contribution in [2.45, 2.75) is 26.3 Å². The van der Waals surface area contributed by atoms with Gasteiger partial charge in [-0.3, -0.25) is 9.69 Å². The van der Waals surface area contributed by atoms with E-state index in [9.17, 15) is 4.79 Å². The molecule has 1 aromatic rings. The normalized spacial score (nSPS) is 17.5. The van der Waals surface area contributed by atoms with Crippen molar-refractivity contribution >= 4 is 5.78 Å². The van der Waals surface area contributed by atoms with Crippen molar-refractivity contribution in [3.05, 3.63) is 23.5 Å². The first-order valence-electron chi connectivity index (χ1n) is 5.17. The number of ketones is 1. The van der Waals surface area contributed by atoms with Crippen molar-refractivity contribution in [2.75, 3.05) is 13.1 Å². The summed E-state index contributed by atoms with van der Waals surface area (Å²) < 4.78 is 0. The lowest BCUT2D eigenvalue weighted by molar-refractivity contribution is 0.101. The van der Waals surface area contributed by atoms with Gasteiger partial charge >= 0.3 is 0 Å². The van der Waals surface area contributed by atoms with Crippen molar-refractivity contribution < 1.29 is 4.79 Å². The Hall–Kier alpha value is -1.09. The largest absolute Gasteiger partial charge is 0.355 e. The number of carbonyl (C=O) groups excluding carboxylic acids is 1. The Morgan fingerprint density at radius 3 is 2.71 bits per heavy atom. The van der Waals surface area contributed by atoms with Crippen molar-refractivity contribution in [1.82, 2.24) is 9.88 Å². The molecule has 76 valence electrons. The van der Waals surface area contributed by atoms with Crippen LogP contribution >= 0.6 is 0 Å². The molecule has 0 atom stereocenters. The van der Waals surface area contributed by atoms with Crippen LogP contribution in [0, 0.1) is 0 Å². The summed E-state index contributed by atoms with van der Waals surface area (Å²) in [6, 6.07) is 3.88. The molecule has 3 nitrogen and oxygen atoms in total. The minimum atomic E-state index is 0.109. The molecule has 1 saturated heterocycles. The molecule has 0 amide bonds. The Labute approximate surface area is 84.1 Å². The number of aromatic nitrogens is 1. The summed E-state index contributed by atoms with van der Waals surface area (Å²) in [5.41, 5.74) is 1.87. The molecule has 0 aliphatic carbocycles. The lowest BCUT2D eigenvalue weighted by atomic mass is 10.3. The van der Waals surface area contributed by atoms with Crippen molar-refractivity contribution in [3.8, 4) is 0 Å². The Morgan fingerprint density at radius 2 is 2.14 bits per heavy atom. The van der Waals surface area contributed by atoms with Crippen LogP contribution < -0.4 is 0 Å². The highest BCUT2D eigenvalue weighted by atomic mass is 16.1. The molecule has 1 fully saturated rings. The van der Waals surface area contributed by atoms with Gasteiger partial charge in [-0.1, -0.05) is 0 Å². The number of Topliss-reactive ketones (excluding diaryl/α,β-unsaturated/α-hetero) is 1. The maximum atomic E-state index is 11.1. The van der Waals surface area contributed by atoms with Gasteiger partial charge in [0.15, 0.2) is 5.78 Å². The molecule has 1 aromatic heterocycles. The van der Waals surface area contributed by atoms with E-state index in [1.165, 1.54) is 25.9 Å². The van der Waals surface area contributed by atoms with Crippen LogP contribution in [0.2, 0.25) is 0 Å². The van der Waals surface area contributed by atoms with Crippen molar-refractivity contribution in [2.24, 2.45) is 0 Å². The van der Waals surface area contributed by atoms with E-state index in [-0.39, 0.29) is 5.78 Å². The molecular formula is C11H16N2O. The molecule has 14 heavy (non-hydrogen) atoms. The van der Waals surface area contributed by atoms with Crippen LogP contribution in [0.4, 0.5) is 0 Å². The number of aromatic amines is 1. The summed E-state index contributed by atoms with van der Waals surface area (Å²) in [6.07, 6.45) is 2.61. The van der Waals surface area contributed by atoms with Gasteiger partial charge in [0, 0.05) is 19.2 Å². The summed E-state index contributed by atoms with van der Waals surface area (Å²) in [4.78, 5) is 16.6. The Morgan fingerprint density at radius 1 is 1.43 bits per heavy atom. The van der Waals surface area contributed by atoms with Crippen LogP contribution in [-0.4, -0.2) is 28.8 Å². The highest BCUT2D eigenvalue weighted by molar-refractivity contribution is 5.92. The minimum Gasteiger partial charge on any atom is -0.355 e. The van der Waals surface area contributed by atoms with Crippen LogP contribution in [0.3, 0.4) is 0 Å². The molecule has 2 heterocycles. The zero-order valence-corrected chi connectivity index (χ0v) is 8.55. The molecule has 0 saturated carbocycles. The predicted molar refractivity (Wildman–Crippen MR) is 55.3 cm³/mol. The Balaban J connectivity index is 1.98. The molecule has 0 bridgehead atoms. The summed E-state index contributed by atoms with van der Waals surface area (Å²) in [6.45, 7) is 4.92. The van der Waals surface area contributed by atoms with E-state index in [2.05, 4.69) is 9.88 Å². The lowest BCUT2D eigenvalue weighted by Gasteiger charge is -2.12. The van der Waals surface area contributed by atoms with Gasteiger partial charge in [-0.25, -0.2) is 0 Å². The van der Waals surface area contributed by atoms with E-state index in [0.29, 0.717) is 0 Å². The SMILES string of the molecule is CC(=O)c1ccc(CN2CCCC2)[nH]1. The van der Waals surface area contributed by atoms with Gasteiger partial charge in [-0.15, -0.1) is 0 Å². The number of rotatable bonds is 3. The van der Waals surface area contributed by atoms with E-state index >= 15 is 0 Å². The topological polar surface area (TPSA) is 36.1 Å². The molecule has 2 rings (SSSR count). The highest BCUT2D eigenvalue weighted by Crippen LogP contribution is 2.12. The van der Waals surface area contributed by atoms with Gasteiger partial charge in [0.25, 0.3) is 0 Å². The third kappa shape index (κ3) is 2.04. The molecule has 0 radical (unpaired) electrons. The number of hydrogen-bond acceptors (Lipinski definition) is 2. The first-order chi connectivity index (χ1) is 6.75. The first-order valence-corrected chi connectivity index (χ1v) is 5.17. The molecule has 0 spiro atoms. The van der Waals surface area contributed by atoms with E-state index in [0.717, 1.165) is 17.9 Å². The number of H-pyrrole nitrogens is 1. The third-order valence-electron chi connectivity index (χ3n) is 2.72. The average molecular weight is 192 g/mol. The smallest absolute Gasteiger partial charge is 0.175 e. The fourth-order valence-electron chi connectivity index (χ4n) is 1.92. The minimum absolute atomic E-state index is 0.109. The van der Waals surface area contributed by atoms with Gasteiger partial charge in [-0.05, 0) is 38.1 Å². The molecule has 1 aliphatic heterocycles. The quantitative estimate of drug-likeness (QED) is 0.741. The summed E-state index contributed by atoms with van der Waals surface area (Å²) in [5, 5.41) is 0. The predicted octanol–water partition coefficient (Wildman–Crippen LogP) is 1.81. The van der Waals surface area contributed by atoms with Crippen LogP contribution in [0.5, 0.6) is 0 Å². The van der Waals surface area contributed by atoms with E-state index in [1.807, 2.05) is 12.1 Å². The Kier molecular flexibility index (Phi) is 2.68. The standard InChI is InChI=1S/C11H16N2O/c1-9(14)11-5-4-10(12-11)8-13-6-2-3-7-13/h4-5,12H,2-3,6-8H2,1H3. The maximum Gasteiger partial charge on any atom is 0.175 e. The van der Waals surface area contributed by atoms with Crippen LogP contribution in [-0.2, 0) is 6.54 Å². The maximum absolute atomic E-state index is 11.1. The summed E-state index contributed by atoms with van der Waals surface area (Å²) >= 11 is 0. The number of likely N-dealkylation sites (tertiary alicyclic amines) is 1. The second-order valence-electron chi connectivity index (χ2n) is 3.94. The third-order valence-corrected chi connectivity index (χ3v) is 2.72. The van der Waals surface area contributed by atoms with Crippen molar-refractivity contribution in [3.63, 3.8) is 0 Å². The van der Waals surface area contributed by atoms with Gasteiger partial charge in [0.1, 0.15) is 0 Å². The number of carbonyl (C=O) groups is 1. The van der Waals surface area contributed by atoms with Gasteiger partial charge < -0.3 is 4.98 Å². The molecule has 0 aromatic carbocycles. The van der Waals surface area contributed by atoms with Crippen LogP contribution in [0.15, 0.2) is 12.1 Å². The molecular weight excluding hydrogens is 176 g/mol. The van der Waals surface area contributed by atoms with E-state index < -0.39 is 0 Å². The lowest BCUT2D eigenvalue weighted by Crippen LogP contribution is -2.18. The fourth-order valence-corrected chi connectivity index (χ4v) is 1.92. The second-order valence-corrected chi connectivity index (χ2v) is 3.94. The van der Waals surface area contributed by atoms with Gasteiger partial charge in [0.05, 0.1) is 5.69 Å². The van der Waals surface area contributed by atoms with E-state index in [4.69, 9.17) is 0 Å². The number of hydrogen-bond donors (Lipinski definition) is 1. The van der Waals surface area contributed by atoms with Gasteiger partial charge in [0.2, 0.25) is 0 Å². The summed E-state index contributed by atoms with van der Waals surface area (Å²) in [7, 11) is 0. The van der Waals surface area contributed by atoms with Gasteiger partial charge in [-0.2, -0.15) is 0 Å². The summed E-state index contributed by atoms with van der Waals surface area (Å²) in [5.74, 6) is 0.109. The van der Waals surface area contributed by atoms with Crippen molar-refractivity contribution in [1.29, 1.82) is 0 Å². The number of nitrogens with zero attached hydrogens (tertiary/aromatic N) is 1. The van der Waals surface area contributed by atoms with E-state index in [1.54, 1.807) is 6.92 Å². The number of nitrogens with one attached hydrogen (secondary N) is 1. The monoisotopic (exact) mass is 192 g/mol. The zero-order chi connectivity index (χ0) is 9.97. The molecule has 3 heteroatoms. The molecule has 1 aliphatic rings. The first kappa shape index (κ1) is 9.46. The van der Waals surface area contributed by atoms with Crippen LogP contribution in [0.1, 0.15) is 35.9 Å². The molecule has 0 unspecified atom stereocenters.